The van der Waals surface area contributed by atoms with Crippen LogP contribution in [0.5, 0.6) is 0 Å². The van der Waals surface area contributed by atoms with E-state index in [0.29, 0.717) is 10.6 Å². The van der Waals surface area contributed by atoms with Gasteiger partial charge in [-0.25, -0.2) is 0 Å². The summed E-state index contributed by atoms with van der Waals surface area (Å²) in [5, 5.41) is 1.43. The summed E-state index contributed by atoms with van der Waals surface area (Å²) in [7, 11) is 0. The van der Waals surface area contributed by atoms with Crippen molar-refractivity contribution in [2.75, 3.05) is 0 Å². The molecule has 2 N–H and O–H groups in total. The minimum absolute atomic E-state index is 0.251. The highest BCUT2D eigenvalue weighted by Gasteiger charge is 2.25. The molecule has 0 saturated heterocycles. The molecule has 132 valence electrons. The van der Waals surface area contributed by atoms with E-state index in [4.69, 9.17) is 33.7 Å². The number of thiophene rings is 1. The number of fused-ring (bicyclic) bond motifs is 3. The van der Waals surface area contributed by atoms with Crippen molar-refractivity contribution in [3.63, 3.8) is 0 Å². The first-order valence-electron chi connectivity index (χ1n) is 7.76. The Morgan fingerprint density at radius 3 is 2.65 bits per heavy atom. The van der Waals surface area contributed by atoms with Gasteiger partial charge in [0, 0.05) is 53.2 Å². The highest BCUT2D eigenvalue weighted by atomic mass is 79.9. The van der Waals surface area contributed by atoms with E-state index < -0.39 is 5.18 Å². The van der Waals surface area contributed by atoms with Crippen LogP contribution in [-0.2, 0) is 16.5 Å². The van der Waals surface area contributed by atoms with Crippen molar-refractivity contribution in [1.29, 1.82) is 0 Å². The van der Waals surface area contributed by atoms with Gasteiger partial charge in [-0.3, -0.25) is 10.7 Å². The van der Waals surface area contributed by atoms with Gasteiger partial charge in [-0.15, -0.1) is 11.3 Å². The van der Waals surface area contributed by atoms with Gasteiger partial charge in [0.15, 0.2) is 0 Å². The third kappa shape index (κ3) is 3.48. The zero-order valence-corrected chi connectivity index (χ0v) is 17.3. The highest BCUT2D eigenvalue weighted by Crippen LogP contribution is 2.37. The number of hydrogen-bond donors (Lipinski definition) is 1. The molecule has 0 bridgehead atoms. The zero-order chi connectivity index (χ0) is 18.3. The van der Waals surface area contributed by atoms with Crippen LogP contribution in [-0.4, -0.2) is 4.98 Å². The maximum atomic E-state index is 6.42. The Labute approximate surface area is 172 Å². The molecule has 3 nitrogen and oxygen atoms in total. The van der Waals surface area contributed by atoms with E-state index >= 15 is 0 Å². The summed E-state index contributed by atoms with van der Waals surface area (Å²) in [6.45, 7) is 0.251. The van der Waals surface area contributed by atoms with E-state index in [-0.39, 0.29) is 6.61 Å². The number of ether oxygens (including phenoxy) is 1. The molecule has 0 radical (unpaired) electrons. The summed E-state index contributed by atoms with van der Waals surface area (Å²) in [6, 6.07) is 13.3. The van der Waals surface area contributed by atoms with Crippen molar-refractivity contribution >= 4 is 70.6 Å². The standard InChI is InChI=1S/C19H13BrCl2N2OS/c20-13-3-1-12(2-4-13)19(22,23)25-10-11-8-24-9-16-15-7-14(21)5-6-17(15)26-18(11)16/h1-9H,10,23H2. The Bertz CT molecular complexity index is 1100. The number of hydrogen-bond acceptors (Lipinski definition) is 4. The topological polar surface area (TPSA) is 48.1 Å². The number of nitrogens with zero attached hydrogens (tertiary/aromatic N) is 1. The third-order valence-electron chi connectivity index (χ3n) is 4.09. The highest BCUT2D eigenvalue weighted by molar-refractivity contribution is 9.10. The molecule has 4 aromatic rings. The predicted molar refractivity (Wildman–Crippen MR) is 113 cm³/mol. The second-order valence-corrected chi connectivity index (χ2v) is 8.82. The largest absolute Gasteiger partial charge is 0.338 e. The second-order valence-electron chi connectivity index (χ2n) is 5.86. The number of alkyl halides is 1. The molecular weight excluding hydrogens is 455 g/mol. The minimum Gasteiger partial charge on any atom is -0.338 e. The second kappa shape index (κ2) is 7.08. The van der Waals surface area contributed by atoms with Crippen molar-refractivity contribution in [2.24, 2.45) is 5.73 Å². The quantitative estimate of drug-likeness (QED) is 0.215. The average molecular weight is 468 g/mol. The van der Waals surface area contributed by atoms with Crippen LogP contribution in [0.1, 0.15) is 11.1 Å². The van der Waals surface area contributed by atoms with Crippen molar-refractivity contribution in [1.82, 2.24) is 4.98 Å². The fourth-order valence-electron chi connectivity index (χ4n) is 2.76. The van der Waals surface area contributed by atoms with Crippen LogP contribution in [0, 0.1) is 0 Å². The van der Waals surface area contributed by atoms with Crippen LogP contribution in [0.3, 0.4) is 0 Å². The van der Waals surface area contributed by atoms with Crippen LogP contribution in [0.25, 0.3) is 20.2 Å². The van der Waals surface area contributed by atoms with Gasteiger partial charge in [-0.1, -0.05) is 51.3 Å². The monoisotopic (exact) mass is 466 g/mol. The van der Waals surface area contributed by atoms with E-state index in [1.165, 1.54) is 0 Å². The molecule has 0 aliphatic carbocycles. The predicted octanol–water partition coefficient (Wildman–Crippen LogP) is 6.39. The first-order chi connectivity index (χ1) is 12.4. The normalized spacial score (nSPS) is 14.0. The maximum Gasteiger partial charge on any atom is 0.221 e. The summed E-state index contributed by atoms with van der Waals surface area (Å²) >= 11 is 17.6. The van der Waals surface area contributed by atoms with E-state index in [2.05, 4.69) is 20.9 Å². The van der Waals surface area contributed by atoms with Crippen LogP contribution in [0.15, 0.2) is 59.3 Å². The zero-order valence-electron chi connectivity index (χ0n) is 13.4. The molecule has 4 rings (SSSR count). The number of nitrogens with two attached hydrogens (primary N) is 1. The van der Waals surface area contributed by atoms with Crippen LogP contribution in [0.4, 0.5) is 0 Å². The van der Waals surface area contributed by atoms with Gasteiger partial charge in [-0.05, 0) is 30.3 Å². The summed E-state index contributed by atoms with van der Waals surface area (Å²) in [5.41, 5.74) is 7.79. The summed E-state index contributed by atoms with van der Waals surface area (Å²) < 4.78 is 9.04. The van der Waals surface area contributed by atoms with Gasteiger partial charge in [0.1, 0.15) is 0 Å². The molecule has 1 atom stereocenters. The van der Waals surface area contributed by atoms with E-state index in [1.807, 2.05) is 48.7 Å². The van der Waals surface area contributed by atoms with Gasteiger partial charge in [0.2, 0.25) is 5.18 Å². The molecule has 26 heavy (non-hydrogen) atoms. The van der Waals surface area contributed by atoms with Crippen molar-refractivity contribution in [3.8, 4) is 0 Å². The Balaban J connectivity index is 1.67. The lowest BCUT2D eigenvalue weighted by Crippen LogP contribution is -2.33. The van der Waals surface area contributed by atoms with E-state index in [0.717, 1.165) is 30.2 Å². The Hall–Kier alpha value is -1.21. The van der Waals surface area contributed by atoms with Gasteiger partial charge in [0.25, 0.3) is 0 Å². The number of pyridine rings is 1. The summed E-state index contributed by atoms with van der Waals surface area (Å²) in [6.07, 6.45) is 3.63. The molecule has 2 aromatic carbocycles. The first-order valence-corrected chi connectivity index (χ1v) is 10.1. The molecule has 2 heterocycles. The number of halogens is 3. The van der Waals surface area contributed by atoms with Gasteiger partial charge >= 0.3 is 0 Å². The lowest BCUT2D eigenvalue weighted by atomic mass is 10.1. The maximum absolute atomic E-state index is 6.42. The number of rotatable bonds is 4. The van der Waals surface area contributed by atoms with Gasteiger partial charge in [0.05, 0.1) is 6.61 Å². The molecule has 0 saturated carbocycles. The Kier molecular flexibility index (Phi) is 4.94. The van der Waals surface area contributed by atoms with Crippen LogP contribution in [0.2, 0.25) is 5.02 Å². The van der Waals surface area contributed by atoms with E-state index in [9.17, 15) is 0 Å². The third-order valence-corrected chi connectivity index (χ3v) is 6.44. The summed E-state index contributed by atoms with van der Waals surface area (Å²) in [4.78, 5) is 4.34. The van der Waals surface area contributed by atoms with E-state index in [1.54, 1.807) is 17.5 Å². The Morgan fingerprint density at radius 2 is 1.88 bits per heavy atom. The van der Waals surface area contributed by atoms with Crippen LogP contribution < -0.4 is 5.73 Å². The smallest absolute Gasteiger partial charge is 0.221 e. The lowest BCUT2D eigenvalue weighted by Gasteiger charge is -2.23. The minimum atomic E-state index is -1.41. The fourth-order valence-corrected chi connectivity index (χ4v) is 4.53. The van der Waals surface area contributed by atoms with Crippen LogP contribution >= 0.6 is 50.5 Å². The lowest BCUT2D eigenvalue weighted by molar-refractivity contribution is 0.00860. The molecule has 0 aliphatic heterocycles. The molecule has 2 aromatic heterocycles. The summed E-state index contributed by atoms with van der Waals surface area (Å²) in [5.74, 6) is 0. The molecule has 1 unspecified atom stereocenters. The molecule has 0 fully saturated rings. The number of aromatic nitrogens is 1. The molecular formula is C19H13BrCl2N2OS. The molecule has 7 heteroatoms. The van der Waals surface area contributed by atoms with Crippen molar-refractivity contribution in [2.45, 2.75) is 11.8 Å². The van der Waals surface area contributed by atoms with Crippen molar-refractivity contribution in [3.05, 3.63) is 75.5 Å². The van der Waals surface area contributed by atoms with Gasteiger partial charge in [-0.2, -0.15) is 0 Å². The number of benzene rings is 2. The van der Waals surface area contributed by atoms with Crippen molar-refractivity contribution < 1.29 is 4.74 Å². The molecule has 0 aliphatic rings. The molecule has 0 spiro atoms. The fraction of sp³-hybridized carbons (Fsp3) is 0.105. The Morgan fingerprint density at radius 1 is 1.12 bits per heavy atom. The SMILES string of the molecule is NC(Cl)(OCc1cncc2c1sc1ccc(Cl)cc12)c1ccc(Br)cc1. The molecule has 0 amide bonds. The van der Waals surface area contributed by atoms with Gasteiger partial charge < -0.3 is 4.74 Å². The average Bonchev–Trinajstić information content (AvgIpc) is 2.99. The first kappa shape index (κ1) is 18.2.